The number of sulfonamides is 1. The Bertz CT molecular complexity index is 434. The molecular weight excluding hydrogens is 314 g/mol. The Kier molecular flexibility index (Phi) is 6.89. The van der Waals surface area contributed by atoms with Gasteiger partial charge in [-0.3, -0.25) is 0 Å². The van der Waals surface area contributed by atoms with Crippen LogP contribution in [0.4, 0.5) is 0 Å². The average Bonchev–Trinajstić information content (AvgIpc) is 2.35. The Morgan fingerprint density at radius 1 is 1.11 bits per heavy atom. The molecule has 0 spiro atoms. The lowest BCUT2D eigenvalue weighted by Gasteiger charge is -2.17. The van der Waals surface area contributed by atoms with Gasteiger partial charge in [-0.25, -0.2) is 12.7 Å². The van der Waals surface area contributed by atoms with E-state index in [9.17, 15) is 8.42 Å². The first kappa shape index (κ1) is 15.7. The molecule has 0 N–H and O–H groups in total. The lowest BCUT2D eigenvalue weighted by molar-refractivity contribution is 0.454. The van der Waals surface area contributed by atoms with Crippen LogP contribution < -0.4 is 0 Å². The molecule has 0 unspecified atom stereocenters. The summed E-state index contributed by atoms with van der Waals surface area (Å²) in [6, 6.07) is 9.30. The van der Waals surface area contributed by atoms with Crippen molar-refractivity contribution in [2.75, 3.05) is 18.9 Å². The van der Waals surface area contributed by atoms with Crippen LogP contribution in [-0.4, -0.2) is 31.6 Å². The van der Waals surface area contributed by atoms with E-state index in [4.69, 9.17) is 0 Å². The minimum Gasteiger partial charge on any atom is -0.212 e. The summed E-state index contributed by atoms with van der Waals surface area (Å²) in [6.07, 6.45) is 3.05. The third kappa shape index (κ3) is 5.50. The molecule has 1 aromatic rings. The van der Waals surface area contributed by atoms with E-state index in [0.717, 1.165) is 30.2 Å². The molecule has 3 nitrogen and oxygen atoms in total. The Morgan fingerprint density at radius 3 is 2.39 bits per heavy atom. The third-order valence-electron chi connectivity index (χ3n) is 2.77. The van der Waals surface area contributed by atoms with Gasteiger partial charge in [0.25, 0.3) is 0 Å². The number of unbranched alkanes of at least 4 members (excludes halogenated alkanes) is 2. The van der Waals surface area contributed by atoms with Gasteiger partial charge >= 0.3 is 0 Å². The van der Waals surface area contributed by atoms with Crippen molar-refractivity contribution in [3.05, 3.63) is 35.9 Å². The first-order chi connectivity index (χ1) is 8.56. The predicted molar refractivity (Wildman–Crippen MR) is 79.3 cm³/mol. The summed E-state index contributed by atoms with van der Waals surface area (Å²) in [4.78, 5) is 0. The number of halogens is 1. The molecule has 0 bridgehead atoms. The highest BCUT2D eigenvalue weighted by Crippen LogP contribution is 2.10. The number of hydrogen-bond acceptors (Lipinski definition) is 2. The Hall–Kier alpha value is -0.390. The largest absolute Gasteiger partial charge is 0.218 e. The number of hydrogen-bond donors (Lipinski definition) is 0. The van der Waals surface area contributed by atoms with Gasteiger partial charge in [0.1, 0.15) is 0 Å². The highest BCUT2D eigenvalue weighted by Gasteiger charge is 2.17. The molecule has 1 rings (SSSR count). The van der Waals surface area contributed by atoms with E-state index in [2.05, 4.69) is 15.9 Å². The first-order valence-corrected chi connectivity index (χ1v) is 8.83. The van der Waals surface area contributed by atoms with Crippen LogP contribution in [0.3, 0.4) is 0 Å². The van der Waals surface area contributed by atoms with Crippen LogP contribution in [0.2, 0.25) is 0 Å². The van der Waals surface area contributed by atoms with E-state index in [0.29, 0.717) is 6.54 Å². The lowest BCUT2D eigenvalue weighted by Crippen LogP contribution is -2.29. The monoisotopic (exact) mass is 333 g/mol. The summed E-state index contributed by atoms with van der Waals surface area (Å²) >= 11 is 3.37. The molecule has 0 saturated heterocycles. The molecule has 0 aliphatic carbocycles. The summed E-state index contributed by atoms with van der Waals surface area (Å²) in [6.45, 7) is 0.599. The van der Waals surface area contributed by atoms with Gasteiger partial charge in [-0.15, -0.1) is 0 Å². The molecule has 102 valence electrons. The van der Waals surface area contributed by atoms with Gasteiger partial charge in [0.15, 0.2) is 0 Å². The van der Waals surface area contributed by atoms with Crippen molar-refractivity contribution in [3.8, 4) is 0 Å². The van der Waals surface area contributed by atoms with Crippen molar-refractivity contribution in [3.63, 3.8) is 0 Å². The molecule has 18 heavy (non-hydrogen) atoms. The zero-order valence-electron chi connectivity index (χ0n) is 10.7. The zero-order valence-corrected chi connectivity index (χ0v) is 13.1. The van der Waals surface area contributed by atoms with Gasteiger partial charge in [0.2, 0.25) is 10.0 Å². The van der Waals surface area contributed by atoms with E-state index in [1.54, 1.807) is 7.05 Å². The zero-order chi connectivity index (χ0) is 13.4. The van der Waals surface area contributed by atoms with Crippen LogP contribution in [0.5, 0.6) is 0 Å². The molecular formula is C13H20BrNO2S. The van der Waals surface area contributed by atoms with Gasteiger partial charge in [-0.2, -0.15) is 0 Å². The second kappa shape index (κ2) is 7.92. The fourth-order valence-corrected chi connectivity index (χ4v) is 3.28. The smallest absolute Gasteiger partial charge is 0.212 e. The first-order valence-electron chi connectivity index (χ1n) is 6.10. The number of rotatable bonds is 8. The van der Waals surface area contributed by atoms with Crippen LogP contribution in [0.15, 0.2) is 30.3 Å². The minimum absolute atomic E-state index is 0.0861. The van der Waals surface area contributed by atoms with E-state index in [1.165, 1.54) is 4.31 Å². The van der Waals surface area contributed by atoms with Crippen molar-refractivity contribution in [2.45, 2.75) is 25.0 Å². The topological polar surface area (TPSA) is 37.4 Å². The van der Waals surface area contributed by atoms with Gasteiger partial charge < -0.3 is 0 Å². The van der Waals surface area contributed by atoms with E-state index in [-0.39, 0.29) is 5.75 Å². The maximum absolute atomic E-state index is 12.1. The van der Waals surface area contributed by atoms with Crippen molar-refractivity contribution in [1.82, 2.24) is 4.31 Å². The summed E-state index contributed by atoms with van der Waals surface area (Å²) in [5.41, 5.74) is 0.838. The molecule has 0 saturated carbocycles. The maximum atomic E-state index is 12.1. The molecule has 0 radical (unpaired) electrons. The number of alkyl halides is 1. The second-order valence-corrected chi connectivity index (χ2v) is 7.18. The van der Waals surface area contributed by atoms with Gasteiger partial charge in [0, 0.05) is 18.9 Å². The van der Waals surface area contributed by atoms with Crippen LogP contribution >= 0.6 is 15.9 Å². The normalized spacial score (nSPS) is 11.9. The molecule has 0 amide bonds. The summed E-state index contributed by atoms with van der Waals surface area (Å²) < 4.78 is 25.6. The highest BCUT2D eigenvalue weighted by atomic mass is 79.9. The SMILES string of the molecule is CN(CCCCCBr)S(=O)(=O)Cc1ccccc1. The standard InChI is InChI=1S/C13H20BrNO2S/c1-15(11-7-3-6-10-14)18(16,17)12-13-8-4-2-5-9-13/h2,4-5,8-9H,3,6-7,10-12H2,1H3. The van der Waals surface area contributed by atoms with Crippen LogP contribution in [-0.2, 0) is 15.8 Å². The van der Waals surface area contributed by atoms with E-state index < -0.39 is 10.0 Å². The van der Waals surface area contributed by atoms with E-state index in [1.807, 2.05) is 30.3 Å². The van der Waals surface area contributed by atoms with Crippen LogP contribution in [0.1, 0.15) is 24.8 Å². The van der Waals surface area contributed by atoms with Crippen LogP contribution in [0.25, 0.3) is 0 Å². The summed E-state index contributed by atoms with van der Waals surface area (Å²) in [5, 5.41) is 0.980. The average molecular weight is 334 g/mol. The quantitative estimate of drug-likeness (QED) is 0.541. The fraction of sp³-hybridized carbons (Fsp3) is 0.538. The Balaban J connectivity index is 2.47. The highest BCUT2D eigenvalue weighted by molar-refractivity contribution is 9.09. The number of benzene rings is 1. The minimum atomic E-state index is -3.18. The van der Waals surface area contributed by atoms with Crippen molar-refractivity contribution >= 4 is 26.0 Å². The summed E-state index contributed by atoms with van der Waals surface area (Å²) in [7, 11) is -1.52. The Labute approximate surface area is 118 Å². The third-order valence-corrected chi connectivity index (χ3v) is 5.16. The molecule has 0 aromatic heterocycles. The van der Waals surface area contributed by atoms with Crippen molar-refractivity contribution in [2.24, 2.45) is 0 Å². The van der Waals surface area contributed by atoms with Gasteiger partial charge in [0.05, 0.1) is 5.75 Å². The van der Waals surface area contributed by atoms with Gasteiger partial charge in [-0.1, -0.05) is 52.7 Å². The maximum Gasteiger partial charge on any atom is 0.218 e. The van der Waals surface area contributed by atoms with Crippen molar-refractivity contribution in [1.29, 1.82) is 0 Å². The fourth-order valence-electron chi connectivity index (χ4n) is 1.64. The van der Waals surface area contributed by atoms with E-state index >= 15 is 0 Å². The molecule has 0 atom stereocenters. The number of nitrogens with zero attached hydrogens (tertiary/aromatic N) is 1. The molecule has 0 aliphatic rings. The predicted octanol–water partition coefficient (Wildman–Crippen LogP) is 3.01. The lowest BCUT2D eigenvalue weighted by atomic mass is 10.2. The molecule has 0 heterocycles. The molecule has 1 aromatic carbocycles. The molecule has 5 heteroatoms. The Morgan fingerprint density at radius 2 is 1.78 bits per heavy atom. The van der Waals surface area contributed by atoms with Gasteiger partial charge in [-0.05, 0) is 18.4 Å². The molecule has 0 fully saturated rings. The molecule has 0 aliphatic heterocycles. The summed E-state index contributed by atoms with van der Waals surface area (Å²) in [5.74, 6) is 0.0861. The van der Waals surface area contributed by atoms with Crippen molar-refractivity contribution < 1.29 is 8.42 Å². The second-order valence-electron chi connectivity index (χ2n) is 4.31. The van der Waals surface area contributed by atoms with Crippen LogP contribution in [0, 0.1) is 0 Å².